The van der Waals surface area contributed by atoms with E-state index in [1.807, 2.05) is 36.4 Å². The van der Waals surface area contributed by atoms with Crippen LogP contribution in [0.2, 0.25) is 0 Å². The molecule has 0 saturated carbocycles. The second-order valence-corrected chi connectivity index (χ2v) is 7.88. The number of hydrogen-bond donors (Lipinski definition) is 1. The molecule has 0 atom stereocenters. The summed E-state index contributed by atoms with van der Waals surface area (Å²) in [6, 6.07) is 19.6. The molecule has 1 saturated heterocycles. The van der Waals surface area contributed by atoms with E-state index in [1.54, 1.807) is 28.8 Å². The van der Waals surface area contributed by atoms with Gasteiger partial charge in [-0.05, 0) is 18.2 Å². The zero-order valence-corrected chi connectivity index (χ0v) is 18.1. The number of morpholine rings is 1. The molecule has 2 aromatic heterocycles. The molecule has 2 aromatic carbocycles. The largest absolute Gasteiger partial charge is 0.379 e. The van der Waals surface area contributed by atoms with Gasteiger partial charge in [0.05, 0.1) is 24.6 Å². The minimum atomic E-state index is -0.388. The molecular formula is C25H24FN5O2. The fraction of sp³-hybridized carbons (Fsp3) is 0.240. The molecule has 0 bridgehead atoms. The molecule has 3 heterocycles. The molecule has 5 rings (SSSR count). The van der Waals surface area contributed by atoms with E-state index in [0.717, 1.165) is 25.2 Å². The van der Waals surface area contributed by atoms with E-state index in [1.165, 1.54) is 6.07 Å². The summed E-state index contributed by atoms with van der Waals surface area (Å²) in [6.07, 6.45) is 0. The Morgan fingerprint density at radius 1 is 1.03 bits per heavy atom. The van der Waals surface area contributed by atoms with Gasteiger partial charge in [-0.25, -0.2) is 13.9 Å². The fourth-order valence-electron chi connectivity index (χ4n) is 3.94. The molecule has 0 radical (unpaired) electrons. The second kappa shape index (κ2) is 9.48. The van der Waals surface area contributed by atoms with Crippen molar-refractivity contribution in [3.05, 3.63) is 78.2 Å². The number of fused-ring (bicyclic) bond motifs is 1. The molecular weight excluding hydrogens is 421 g/mol. The molecule has 7 nitrogen and oxygen atoms in total. The van der Waals surface area contributed by atoms with Crippen molar-refractivity contribution in [2.75, 3.05) is 39.4 Å². The zero-order valence-electron chi connectivity index (χ0n) is 18.1. The van der Waals surface area contributed by atoms with E-state index in [9.17, 15) is 9.18 Å². The van der Waals surface area contributed by atoms with Gasteiger partial charge in [-0.3, -0.25) is 9.69 Å². The highest BCUT2D eigenvalue weighted by atomic mass is 19.1. The lowest BCUT2D eigenvalue weighted by Gasteiger charge is -2.26. The zero-order chi connectivity index (χ0) is 22.6. The summed E-state index contributed by atoms with van der Waals surface area (Å²) in [7, 11) is 0. The van der Waals surface area contributed by atoms with Crippen LogP contribution in [0.25, 0.3) is 28.2 Å². The maximum Gasteiger partial charge on any atom is 0.270 e. The monoisotopic (exact) mass is 445 g/mol. The summed E-state index contributed by atoms with van der Waals surface area (Å²) < 4.78 is 21.6. The van der Waals surface area contributed by atoms with Crippen molar-refractivity contribution >= 4 is 11.6 Å². The molecule has 33 heavy (non-hydrogen) atoms. The number of ether oxygens (including phenoxy) is 1. The van der Waals surface area contributed by atoms with Crippen LogP contribution in [0.4, 0.5) is 4.39 Å². The number of nitrogens with zero attached hydrogens (tertiary/aromatic N) is 4. The van der Waals surface area contributed by atoms with E-state index >= 15 is 0 Å². The first-order valence-electron chi connectivity index (χ1n) is 11.0. The third kappa shape index (κ3) is 4.62. The van der Waals surface area contributed by atoms with Gasteiger partial charge in [0.25, 0.3) is 5.91 Å². The normalized spacial score (nSPS) is 14.5. The van der Waals surface area contributed by atoms with E-state index in [0.29, 0.717) is 42.4 Å². The van der Waals surface area contributed by atoms with Gasteiger partial charge in [-0.1, -0.05) is 42.5 Å². The van der Waals surface area contributed by atoms with Crippen molar-refractivity contribution < 1.29 is 13.9 Å². The Bertz CT molecular complexity index is 1270. The Kier molecular flexibility index (Phi) is 6.10. The number of rotatable bonds is 6. The Labute approximate surface area is 190 Å². The fourth-order valence-corrected chi connectivity index (χ4v) is 3.94. The number of aromatic nitrogens is 3. The van der Waals surface area contributed by atoms with Gasteiger partial charge < -0.3 is 10.1 Å². The minimum absolute atomic E-state index is 0.224. The molecule has 1 N–H and O–H groups in total. The lowest BCUT2D eigenvalue weighted by Crippen LogP contribution is -2.41. The van der Waals surface area contributed by atoms with Crippen molar-refractivity contribution in [3.63, 3.8) is 0 Å². The predicted molar refractivity (Wildman–Crippen MR) is 123 cm³/mol. The number of hydrogen-bond acceptors (Lipinski definition) is 5. The van der Waals surface area contributed by atoms with Crippen LogP contribution in [-0.4, -0.2) is 64.8 Å². The number of carbonyl (C=O) groups is 1. The van der Waals surface area contributed by atoms with E-state index < -0.39 is 0 Å². The standard InChI is InChI=1S/C25H24FN5O2/c26-20-9-5-4-8-19(20)23-16-22(25(32)27-10-11-30-12-14-33-15-13-30)28-24-17-21(29-31(23)24)18-6-2-1-3-7-18/h1-9,16-17H,10-15H2,(H,27,32). The van der Waals surface area contributed by atoms with Crippen LogP contribution < -0.4 is 5.32 Å². The van der Waals surface area contributed by atoms with E-state index in [2.05, 4.69) is 20.3 Å². The minimum Gasteiger partial charge on any atom is -0.379 e. The maximum atomic E-state index is 14.7. The Balaban J connectivity index is 1.48. The average Bonchev–Trinajstić information content (AvgIpc) is 3.29. The molecule has 0 unspecified atom stereocenters. The van der Waals surface area contributed by atoms with Crippen LogP contribution in [0.1, 0.15) is 10.5 Å². The lowest BCUT2D eigenvalue weighted by atomic mass is 10.1. The van der Waals surface area contributed by atoms with Crippen molar-refractivity contribution in [1.29, 1.82) is 0 Å². The van der Waals surface area contributed by atoms with Crippen LogP contribution >= 0.6 is 0 Å². The van der Waals surface area contributed by atoms with Gasteiger partial charge in [-0.2, -0.15) is 5.10 Å². The smallest absolute Gasteiger partial charge is 0.270 e. The quantitative estimate of drug-likeness (QED) is 0.493. The molecule has 168 valence electrons. The first-order chi connectivity index (χ1) is 16.2. The highest BCUT2D eigenvalue weighted by molar-refractivity contribution is 5.94. The van der Waals surface area contributed by atoms with Crippen molar-refractivity contribution in [1.82, 2.24) is 24.8 Å². The highest BCUT2D eigenvalue weighted by Crippen LogP contribution is 2.27. The molecule has 1 amide bonds. The summed E-state index contributed by atoms with van der Waals surface area (Å²) >= 11 is 0. The van der Waals surface area contributed by atoms with Crippen LogP contribution in [-0.2, 0) is 4.74 Å². The molecule has 1 aliphatic heterocycles. The molecule has 1 fully saturated rings. The summed E-state index contributed by atoms with van der Waals surface area (Å²) in [5.41, 5.74) is 3.15. The Hall–Kier alpha value is -3.62. The number of benzene rings is 2. The Morgan fingerprint density at radius 3 is 2.58 bits per heavy atom. The maximum absolute atomic E-state index is 14.7. The molecule has 0 aliphatic carbocycles. The van der Waals surface area contributed by atoms with Crippen molar-refractivity contribution in [2.45, 2.75) is 0 Å². The van der Waals surface area contributed by atoms with Gasteiger partial charge in [0.1, 0.15) is 11.5 Å². The average molecular weight is 445 g/mol. The van der Waals surface area contributed by atoms with E-state index in [4.69, 9.17) is 4.74 Å². The first kappa shape index (κ1) is 21.2. The van der Waals surface area contributed by atoms with Crippen LogP contribution in [0.15, 0.2) is 66.7 Å². The number of nitrogens with one attached hydrogen (secondary N) is 1. The third-order valence-electron chi connectivity index (χ3n) is 5.70. The third-order valence-corrected chi connectivity index (χ3v) is 5.70. The van der Waals surface area contributed by atoms with Gasteiger partial charge in [-0.15, -0.1) is 0 Å². The van der Waals surface area contributed by atoms with Gasteiger partial charge in [0.15, 0.2) is 5.65 Å². The molecule has 1 aliphatic rings. The van der Waals surface area contributed by atoms with E-state index in [-0.39, 0.29) is 17.4 Å². The number of halogens is 1. The predicted octanol–water partition coefficient (Wildman–Crippen LogP) is 3.26. The molecule has 8 heteroatoms. The van der Waals surface area contributed by atoms with Crippen LogP contribution in [0.3, 0.4) is 0 Å². The lowest BCUT2D eigenvalue weighted by molar-refractivity contribution is 0.0383. The van der Waals surface area contributed by atoms with Crippen LogP contribution in [0, 0.1) is 5.82 Å². The van der Waals surface area contributed by atoms with Gasteiger partial charge in [0, 0.05) is 43.4 Å². The topological polar surface area (TPSA) is 71.8 Å². The summed E-state index contributed by atoms with van der Waals surface area (Å²) in [5, 5.41) is 7.60. The van der Waals surface area contributed by atoms with Crippen molar-refractivity contribution in [2.24, 2.45) is 0 Å². The Morgan fingerprint density at radius 2 is 1.79 bits per heavy atom. The summed E-state index contributed by atoms with van der Waals surface area (Å²) in [4.78, 5) is 19.7. The van der Waals surface area contributed by atoms with Gasteiger partial charge in [0.2, 0.25) is 0 Å². The van der Waals surface area contributed by atoms with Gasteiger partial charge >= 0.3 is 0 Å². The first-order valence-corrected chi connectivity index (χ1v) is 11.0. The molecule has 0 spiro atoms. The molecule has 4 aromatic rings. The number of carbonyl (C=O) groups excluding carboxylic acids is 1. The second-order valence-electron chi connectivity index (χ2n) is 7.88. The van der Waals surface area contributed by atoms with Crippen molar-refractivity contribution in [3.8, 4) is 22.5 Å². The summed E-state index contributed by atoms with van der Waals surface area (Å²) in [5.74, 6) is -0.689. The van der Waals surface area contributed by atoms with Crippen LogP contribution in [0.5, 0.6) is 0 Å². The SMILES string of the molecule is O=C(NCCN1CCOCC1)c1cc(-c2ccccc2F)n2nc(-c3ccccc3)cc2n1. The summed E-state index contributed by atoms with van der Waals surface area (Å²) in [6.45, 7) is 4.37. The number of amides is 1. The highest BCUT2D eigenvalue weighted by Gasteiger charge is 2.18.